The number of halogens is 2. The molecule has 2 saturated heterocycles. The quantitative estimate of drug-likeness (QED) is 0.232. The Morgan fingerprint density at radius 2 is 1.90 bits per heavy atom. The zero-order valence-electron chi connectivity index (χ0n) is 22.8. The minimum atomic E-state index is -0.321. The van der Waals surface area contributed by atoms with Crippen LogP contribution in [-0.4, -0.2) is 75.4 Å². The van der Waals surface area contributed by atoms with E-state index in [1.54, 1.807) is 0 Å². The minimum Gasteiger partial charge on any atom is -0.494 e. The largest absolute Gasteiger partial charge is 0.494 e. The number of carbonyl (C=O) groups is 2. The lowest BCUT2D eigenvalue weighted by molar-refractivity contribution is -0.146. The summed E-state index contributed by atoms with van der Waals surface area (Å²) in [6.45, 7) is 9.48. The van der Waals surface area contributed by atoms with E-state index in [2.05, 4.69) is 15.1 Å². The van der Waals surface area contributed by atoms with Crippen LogP contribution in [0.4, 0.5) is 11.4 Å². The summed E-state index contributed by atoms with van der Waals surface area (Å²) in [5, 5.41) is 4.34. The van der Waals surface area contributed by atoms with Crippen LogP contribution in [0.25, 0.3) is 0 Å². The molecule has 2 fully saturated rings. The Hall–Kier alpha value is -2.52. The van der Waals surface area contributed by atoms with Crippen LogP contribution in [0.3, 0.4) is 0 Å². The number of ether oxygens (including phenoxy) is 2. The molecule has 212 valence electrons. The second kappa shape index (κ2) is 14.2. The molecule has 0 bridgehead atoms. The molecule has 1 unspecified atom stereocenters. The molecular formula is C29H38Cl2N4O4. The van der Waals surface area contributed by atoms with Crippen molar-refractivity contribution in [2.45, 2.75) is 45.6 Å². The second-order valence-corrected chi connectivity index (χ2v) is 10.9. The lowest BCUT2D eigenvalue weighted by atomic mass is 10.1. The topological polar surface area (TPSA) is 74.3 Å². The van der Waals surface area contributed by atoms with Gasteiger partial charge >= 0.3 is 5.97 Å². The molecule has 1 amide bonds. The molecule has 0 radical (unpaired) electrons. The monoisotopic (exact) mass is 576 g/mol. The fourth-order valence-electron chi connectivity index (χ4n) is 4.99. The molecule has 2 aliphatic heterocycles. The molecule has 0 aliphatic carbocycles. The summed E-state index contributed by atoms with van der Waals surface area (Å²) in [5.74, 6) is 0.177. The number of benzene rings is 2. The molecule has 1 atom stereocenters. The maximum atomic E-state index is 12.4. The van der Waals surface area contributed by atoms with E-state index in [-0.39, 0.29) is 24.6 Å². The highest BCUT2D eigenvalue weighted by molar-refractivity contribution is 6.43. The van der Waals surface area contributed by atoms with E-state index in [1.165, 1.54) is 11.8 Å². The van der Waals surface area contributed by atoms with E-state index in [4.69, 9.17) is 32.7 Å². The SMILES string of the molecule is CC(=O)N(COC(=O)C1CCCN1)c1cc(OCCCCN2CCN(c3cccc(Cl)c3Cl)CC2)ccc1C. The molecule has 39 heavy (non-hydrogen) atoms. The van der Waals surface area contributed by atoms with Crippen LogP contribution in [0, 0.1) is 6.92 Å². The summed E-state index contributed by atoms with van der Waals surface area (Å²) in [4.78, 5) is 30.9. The molecular weight excluding hydrogens is 539 g/mol. The Bertz CT molecular complexity index is 1130. The van der Waals surface area contributed by atoms with Gasteiger partial charge in [0.2, 0.25) is 5.91 Å². The number of rotatable bonds is 11. The van der Waals surface area contributed by atoms with Crippen LogP contribution in [-0.2, 0) is 14.3 Å². The summed E-state index contributed by atoms with van der Waals surface area (Å²) >= 11 is 12.6. The van der Waals surface area contributed by atoms with Gasteiger partial charge in [-0.3, -0.25) is 19.4 Å². The molecule has 2 aromatic rings. The number of amides is 1. The predicted octanol–water partition coefficient (Wildman–Crippen LogP) is 4.89. The highest BCUT2D eigenvalue weighted by Crippen LogP contribution is 2.33. The number of hydrogen-bond donors (Lipinski definition) is 1. The Kier molecular flexibility index (Phi) is 10.7. The molecule has 0 spiro atoms. The van der Waals surface area contributed by atoms with E-state index in [0.717, 1.165) is 76.2 Å². The van der Waals surface area contributed by atoms with Gasteiger partial charge < -0.3 is 19.7 Å². The van der Waals surface area contributed by atoms with E-state index in [1.807, 2.05) is 43.3 Å². The van der Waals surface area contributed by atoms with Crippen molar-refractivity contribution < 1.29 is 19.1 Å². The zero-order valence-corrected chi connectivity index (χ0v) is 24.3. The first-order chi connectivity index (χ1) is 18.8. The highest BCUT2D eigenvalue weighted by atomic mass is 35.5. The first-order valence-corrected chi connectivity index (χ1v) is 14.4. The maximum absolute atomic E-state index is 12.4. The number of unbranched alkanes of at least 4 members (excludes halogenated alkanes) is 1. The number of anilines is 2. The van der Waals surface area contributed by atoms with E-state index in [9.17, 15) is 9.59 Å². The van der Waals surface area contributed by atoms with Crippen LogP contribution in [0.2, 0.25) is 10.0 Å². The van der Waals surface area contributed by atoms with Gasteiger partial charge in [0.15, 0.2) is 6.73 Å². The normalized spacial score (nSPS) is 17.7. The molecule has 0 aromatic heterocycles. The number of hydrogen-bond acceptors (Lipinski definition) is 7. The maximum Gasteiger partial charge on any atom is 0.324 e. The molecule has 1 N–H and O–H groups in total. The van der Waals surface area contributed by atoms with Gasteiger partial charge in [-0.05, 0) is 69.5 Å². The molecule has 0 saturated carbocycles. The van der Waals surface area contributed by atoms with Crippen LogP contribution >= 0.6 is 23.2 Å². The van der Waals surface area contributed by atoms with Gasteiger partial charge in [-0.1, -0.05) is 35.3 Å². The smallest absolute Gasteiger partial charge is 0.324 e. The summed E-state index contributed by atoms with van der Waals surface area (Å²) in [6.07, 6.45) is 3.66. The minimum absolute atomic E-state index is 0.118. The van der Waals surface area contributed by atoms with Crippen molar-refractivity contribution in [3.8, 4) is 5.75 Å². The molecule has 4 rings (SSSR count). The third-order valence-electron chi connectivity index (χ3n) is 7.31. The van der Waals surface area contributed by atoms with Crippen molar-refractivity contribution in [1.29, 1.82) is 0 Å². The van der Waals surface area contributed by atoms with Gasteiger partial charge in [-0.15, -0.1) is 0 Å². The molecule has 8 nitrogen and oxygen atoms in total. The van der Waals surface area contributed by atoms with Crippen molar-refractivity contribution >= 4 is 46.5 Å². The van der Waals surface area contributed by atoms with Crippen molar-refractivity contribution in [2.24, 2.45) is 0 Å². The fraction of sp³-hybridized carbons (Fsp3) is 0.517. The molecule has 2 aromatic carbocycles. The first kappa shape index (κ1) is 29.5. The number of nitrogens with zero attached hydrogens (tertiary/aromatic N) is 3. The predicted molar refractivity (Wildman–Crippen MR) is 156 cm³/mol. The Morgan fingerprint density at radius 3 is 2.62 bits per heavy atom. The summed E-state index contributed by atoms with van der Waals surface area (Å²) in [5.41, 5.74) is 2.60. The highest BCUT2D eigenvalue weighted by Gasteiger charge is 2.25. The lowest BCUT2D eigenvalue weighted by Gasteiger charge is -2.36. The first-order valence-electron chi connectivity index (χ1n) is 13.7. The van der Waals surface area contributed by atoms with Crippen molar-refractivity contribution in [3.05, 3.63) is 52.0 Å². The number of esters is 1. The average Bonchev–Trinajstić information content (AvgIpc) is 3.47. The average molecular weight is 578 g/mol. The van der Waals surface area contributed by atoms with Crippen molar-refractivity contribution in [2.75, 3.05) is 62.4 Å². The number of aryl methyl sites for hydroxylation is 1. The van der Waals surface area contributed by atoms with Crippen LogP contribution in [0.5, 0.6) is 5.75 Å². The molecule has 2 aliphatic rings. The van der Waals surface area contributed by atoms with Gasteiger partial charge in [0.05, 0.1) is 28.0 Å². The summed E-state index contributed by atoms with van der Waals surface area (Å²) < 4.78 is 11.5. The zero-order chi connectivity index (χ0) is 27.8. The standard InChI is InChI=1S/C29H38Cl2N4O4/c1-21-10-11-23(19-27(21)35(22(2)36)20-39-29(37)25-8-6-12-32-25)38-18-4-3-13-33-14-16-34(17-15-33)26-9-5-7-24(30)28(26)31/h5,7,9-11,19,25,32H,3-4,6,8,12-18,20H2,1-2H3. The molecule has 2 heterocycles. The Balaban J connectivity index is 1.20. The van der Waals surface area contributed by atoms with Gasteiger partial charge in [-0.2, -0.15) is 0 Å². The number of piperazine rings is 1. The van der Waals surface area contributed by atoms with Gasteiger partial charge in [0.25, 0.3) is 0 Å². The fourth-order valence-corrected chi connectivity index (χ4v) is 5.41. The van der Waals surface area contributed by atoms with Gasteiger partial charge in [0.1, 0.15) is 11.8 Å². The Labute approximate surface area is 241 Å². The van der Waals surface area contributed by atoms with Gasteiger partial charge in [-0.25, -0.2) is 0 Å². The van der Waals surface area contributed by atoms with Crippen LogP contribution in [0.15, 0.2) is 36.4 Å². The number of carbonyl (C=O) groups excluding carboxylic acids is 2. The third-order valence-corrected chi connectivity index (χ3v) is 8.12. The third kappa shape index (κ3) is 8.01. The van der Waals surface area contributed by atoms with E-state index in [0.29, 0.717) is 28.1 Å². The molecule has 10 heteroatoms. The van der Waals surface area contributed by atoms with Crippen molar-refractivity contribution in [3.63, 3.8) is 0 Å². The van der Waals surface area contributed by atoms with E-state index < -0.39 is 0 Å². The lowest BCUT2D eigenvalue weighted by Crippen LogP contribution is -2.46. The summed E-state index contributed by atoms with van der Waals surface area (Å²) in [7, 11) is 0. The second-order valence-electron chi connectivity index (χ2n) is 10.1. The number of nitrogens with one attached hydrogen (secondary N) is 1. The van der Waals surface area contributed by atoms with Crippen molar-refractivity contribution in [1.82, 2.24) is 10.2 Å². The van der Waals surface area contributed by atoms with Crippen LogP contribution < -0.4 is 19.9 Å². The van der Waals surface area contributed by atoms with E-state index >= 15 is 0 Å². The summed E-state index contributed by atoms with van der Waals surface area (Å²) in [6, 6.07) is 11.2. The van der Waals surface area contributed by atoms with Gasteiger partial charge in [0, 0.05) is 39.2 Å². The Morgan fingerprint density at radius 1 is 1.10 bits per heavy atom. The van der Waals surface area contributed by atoms with Crippen LogP contribution in [0.1, 0.15) is 38.2 Å².